The number of hydrogen-bond donors (Lipinski definition) is 2. The molecule has 236 valence electrons. The number of carboxylic acid groups (broad SMARTS) is 2. The van der Waals surface area contributed by atoms with Gasteiger partial charge in [0.15, 0.2) is 0 Å². The number of benzene rings is 2. The maximum atomic E-state index is 11.6. The molecule has 0 spiro atoms. The van der Waals surface area contributed by atoms with Crippen molar-refractivity contribution in [3.05, 3.63) is 58.7 Å². The van der Waals surface area contributed by atoms with Crippen LogP contribution in [0.1, 0.15) is 161 Å². The van der Waals surface area contributed by atoms with Crippen LogP contribution in [0.15, 0.2) is 36.4 Å². The van der Waals surface area contributed by atoms with E-state index in [0.29, 0.717) is 12.0 Å². The zero-order chi connectivity index (χ0) is 31.0. The topological polar surface area (TPSA) is 121 Å². The standard InChI is InChI=1S/2C18H28O3.Ca/c2*1-2-3-4-5-6-7-8-9-10-11-15-14-16(18(20)21)12-13-17(15)19;/h2*12-14,19H,2-11H2,1H3,(H,20,21);/q;;+2/p-2. The van der Waals surface area contributed by atoms with Gasteiger partial charge < -0.3 is 25.2 Å². The normalized spacial score (nSPS) is 10.5. The Labute approximate surface area is 290 Å². The van der Waals surface area contributed by atoms with Crippen LogP contribution in [0, 0.1) is 0 Å². The van der Waals surface area contributed by atoms with Crippen molar-refractivity contribution in [1.29, 1.82) is 0 Å². The van der Waals surface area contributed by atoms with E-state index >= 15 is 0 Å². The molecule has 7 heteroatoms. The predicted molar refractivity (Wildman–Crippen MR) is 173 cm³/mol. The van der Waals surface area contributed by atoms with Gasteiger partial charge in [-0.2, -0.15) is 0 Å². The molecule has 0 radical (unpaired) electrons. The molecule has 2 aromatic carbocycles. The molecule has 0 unspecified atom stereocenters. The van der Waals surface area contributed by atoms with Gasteiger partial charge in [0.25, 0.3) is 0 Å². The average molecular weight is 623 g/mol. The van der Waals surface area contributed by atoms with E-state index in [9.17, 15) is 24.9 Å². The second-order valence-electron chi connectivity index (χ2n) is 11.4. The minimum atomic E-state index is -1.22. The summed E-state index contributed by atoms with van der Waals surface area (Å²) < 4.78 is 0. The van der Waals surface area contributed by atoms with Crippen LogP contribution in [0.4, 0.5) is 0 Å². The van der Waals surface area contributed by atoms with Gasteiger partial charge in [0.2, 0.25) is 0 Å². The van der Waals surface area contributed by atoms with E-state index in [1.54, 1.807) is 6.07 Å². The molecule has 2 N–H and O–H groups in total. The predicted octanol–water partition coefficient (Wildman–Crippen LogP) is 7.98. The number of phenolic OH excluding ortho intramolecular Hbond substituents is 1. The third-order valence-corrected chi connectivity index (χ3v) is 7.72. The summed E-state index contributed by atoms with van der Waals surface area (Å²) in [6, 6.07) is 8.61. The number of rotatable bonds is 22. The Bertz CT molecular complexity index is 941. The van der Waals surface area contributed by atoms with E-state index in [-0.39, 0.29) is 60.4 Å². The molecular weight excluding hydrogens is 568 g/mol. The molecule has 0 atom stereocenters. The first-order valence-corrected chi connectivity index (χ1v) is 16.4. The van der Waals surface area contributed by atoms with Gasteiger partial charge in [-0.15, -0.1) is 5.75 Å². The second kappa shape index (κ2) is 26.6. The number of aromatic carboxylic acids is 2. The van der Waals surface area contributed by atoms with Gasteiger partial charge >= 0.3 is 43.7 Å². The van der Waals surface area contributed by atoms with Gasteiger partial charge in [0, 0.05) is 0 Å². The number of aryl methyl sites for hydroxylation is 2. The van der Waals surface area contributed by atoms with Gasteiger partial charge in [0.05, 0.1) is 11.5 Å². The summed E-state index contributed by atoms with van der Waals surface area (Å²) in [6.45, 7) is 4.45. The summed E-state index contributed by atoms with van der Waals surface area (Å²) >= 11 is 0. The van der Waals surface area contributed by atoms with Crippen molar-refractivity contribution in [2.24, 2.45) is 0 Å². The first-order valence-electron chi connectivity index (χ1n) is 16.4. The molecular formula is C36H54CaO6. The molecule has 6 nitrogen and oxygen atoms in total. The first-order chi connectivity index (χ1) is 20.3. The Morgan fingerprint density at radius 3 is 1.44 bits per heavy atom. The van der Waals surface area contributed by atoms with Crippen molar-refractivity contribution >= 4 is 49.7 Å². The summed E-state index contributed by atoms with van der Waals surface area (Å²) in [5.41, 5.74) is 1.69. The maximum Gasteiger partial charge on any atom is 2.00 e. The van der Waals surface area contributed by atoms with E-state index < -0.39 is 11.9 Å². The van der Waals surface area contributed by atoms with Crippen LogP contribution in [0.2, 0.25) is 0 Å². The molecule has 0 amide bonds. The Morgan fingerprint density at radius 2 is 1.00 bits per heavy atom. The van der Waals surface area contributed by atoms with Gasteiger partial charge in [-0.05, 0) is 55.0 Å². The largest absolute Gasteiger partial charge is 2.00 e. The van der Waals surface area contributed by atoms with E-state index in [1.165, 1.54) is 120 Å². The van der Waals surface area contributed by atoms with Crippen molar-refractivity contribution < 1.29 is 30.0 Å². The first kappa shape index (κ1) is 41.2. The number of hydrogen-bond acceptors (Lipinski definition) is 5. The van der Waals surface area contributed by atoms with E-state index in [4.69, 9.17) is 5.11 Å². The van der Waals surface area contributed by atoms with Crippen LogP contribution in [0.3, 0.4) is 0 Å². The quantitative estimate of drug-likeness (QED) is 0.101. The number of unbranched alkanes of at least 4 members (excludes halogenated alkanes) is 16. The number of carbonyl (C=O) groups excluding carboxylic acids is 1. The third kappa shape index (κ3) is 20.0. The van der Waals surface area contributed by atoms with Crippen LogP contribution in [-0.2, 0) is 12.8 Å². The number of carbonyl (C=O) groups is 2. The third-order valence-electron chi connectivity index (χ3n) is 7.72. The van der Waals surface area contributed by atoms with Crippen LogP contribution >= 0.6 is 0 Å². The Kier molecular flexibility index (Phi) is 25.5. The molecule has 0 saturated heterocycles. The molecule has 2 rings (SSSR count). The van der Waals surface area contributed by atoms with Crippen molar-refractivity contribution in [3.63, 3.8) is 0 Å². The van der Waals surface area contributed by atoms with Crippen molar-refractivity contribution in [1.82, 2.24) is 0 Å². The average Bonchev–Trinajstić information content (AvgIpc) is 2.97. The van der Waals surface area contributed by atoms with Gasteiger partial charge in [-0.1, -0.05) is 140 Å². The summed E-state index contributed by atoms with van der Waals surface area (Å²) in [6.07, 6.45) is 23.8. The van der Waals surface area contributed by atoms with Crippen LogP contribution in [-0.4, -0.2) is 59.9 Å². The maximum absolute atomic E-state index is 11.6. The summed E-state index contributed by atoms with van der Waals surface area (Å²) in [4.78, 5) is 21.7. The molecule has 0 saturated carbocycles. The fourth-order valence-electron chi connectivity index (χ4n) is 5.07. The van der Waals surface area contributed by atoms with E-state index in [0.717, 1.165) is 37.7 Å². The molecule has 0 aliphatic heterocycles. The SMILES string of the molecule is CCCCCCCCCCCc1cc(C(=O)O)ccc1O.CCCCCCCCCCCc1cc(C(=O)[O-])ccc1[O-].[Ca+2]. The number of aromatic hydroxyl groups is 1. The summed E-state index contributed by atoms with van der Waals surface area (Å²) in [7, 11) is 0. The van der Waals surface area contributed by atoms with Gasteiger partial charge in [-0.25, -0.2) is 4.79 Å². The molecule has 43 heavy (non-hydrogen) atoms. The van der Waals surface area contributed by atoms with Crippen molar-refractivity contribution in [2.45, 2.75) is 142 Å². The fraction of sp³-hybridized carbons (Fsp3) is 0.611. The molecule has 0 aromatic heterocycles. The Morgan fingerprint density at radius 1 is 0.605 bits per heavy atom. The van der Waals surface area contributed by atoms with Crippen LogP contribution in [0.25, 0.3) is 0 Å². The van der Waals surface area contributed by atoms with Gasteiger partial charge in [-0.3, -0.25) is 0 Å². The second-order valence-corrected chi connectivity index (χ2v) is 11.4. The monoisotopic (exact) mass is 622 g/mol. The smallest absolute Gasteiger partial charge is 0.872 e. The summed E-state index contributed by atoms with van der Waals surface area (Å²) in [5, 5.41) is 41.1. The number of phenols is 1. The van der Waals surface area contributed by atoms with E-state index in [1.807, 2.05) is 0 Å². The van der Waals surface area contributed by atoms with E-state index in [2.05, 4.69) is 13.8 Å². The zero-order valence-corrected chi connectivity index (χ0v) is 29.0. The van der Waals surface area contributed by atoms with Crippen molar-refractivity contribution in [3.8, 4) is 11.5 Å². The van der Waals surface area contributed by atoms with Crippen LogP contribution in [0.5, 0.6) is 11.5 Å². The van der Waals surface area contributed by atoms with Crippen molar-refractivity contribution in [2.75, 3.05) is 0 Å². The Hall–Kier alpha value is -1.76. The fourth-order valence-corrected chi connectivity index (χ4v) is 5.07. The molecule has 0 aliphatic carbocycles. The Balaban J connectivity index is 0.000000802. The molecule has 0 bridgehead atoms. The molecule has 0 aliphatic rings. The summed E-state index contributed by atoms with van der Waals surface area (Å²) in [5.74, 6) is -2.02. The number of carboxylic acids is 2. The minimum Gasteiger partial charge on any atom is -0.872 e. The van der Waals surface area contributed by atoms with Gasteiger partial charge in [0.1, 0.15) is 5.75 Å². The molecule has 0 fully saturated rings. The minimum absolute atomic E-state index is 0. The molecule has 2 aromatic rings. The molecule has 0 heterocycles. The zero-order valence-electron chi connectivity index (χ0n) is 26.8. The van der Waals surface area contributed by atoms with Crippen LogP contribution < -0.4 is 10.2 Å².